The van der Waals surface area contributed by atoms with Crippen molar-refractivity contribution in [3.8, 4) is 0 Å². The number of hydrogen-bond acceptors (Lipinski definition) is 5. The van der Waals surface area contributed by atoms with Crippen LogP contribution in [0.3, 0.4) is 0 Å². The first-order valence-electron chi connectivity index (χ1n) is 9.37. The van der Waals surface area contributed by atoms with E-state index in [0.717, 1.165) is 35.3 Å². The largest absolute Gasteiger partial charge is 0.435 e. The van der Waals surface area contributed by atoms with E-state index in [2.05, 4.69) is 29.2 Å². The van der Waals surface area contributed by atoms with Gasteiger partial charge in [-0.05, 0) is 68.2 Å². The van der Waals surface area contributed by atoms with E-state index >= 15 is 0 Å². The average molecular weight is 379 g/mol. The highest BCUT2D eigenvalue weighted by Gasteiger charge is 2.15. The summed E-state index contributed by atoms with van der Waals surface area (Å²) >= 11 is 0. The zero-order valence-corrected chi connectivity index (χ0v) is 16.6. The third-order valence-corrected chi connectivity index (χ3v) is 5.05. The zero-order chi connectivity index (χ0) is 20.3. The van der Waals surface area contributed by atoms with Crippen LogP contribution in [-0.4, -0.2) is 24.2 Å². The topological polar surface area (TPSA) is 78.1 Å². The number of nitrogens with one attached hydrogen (secondary N) is 1. The van der Waals surface area contributed by atoms with Crippen LogP contribution >= 0.6 is 0 Å². The molecule has 146 valence electrons. The van der Waals surface area contributed by atoms with Crippen LogP contribution in [0.1, 0.15) is 35.3 Å². The van der Waals surface area contributed by atoms with Crippen molar-refractivity contribution in [3.63, 3.8) is 0 Å². The maximum atomic E-state index is 12.8. The molecule has 3 rings (SSSR count). The maximum Gasteiger partial charge on any atom is 0.268 e. The highest BCUT2D eigenvalue weighted by molar-refractivity contribution is 6.05. The fraction of sp³-hybridized carbons (Fsp3) is 0.273. The number of carbonyl (C=O) groups excluding carboxylic acids is 1. The minimum Gasteiger partial charge on any atom is -0.435 e. The molecule has 2 aromatic carbocycles. The summed E-state index contributed by atoms with van der Waals surface area (Å²) in [4.78, 5) is 15.0. The molecule has 6 heteroatoms. The van der Waals surface area contributed by atoms with Gasteiger partial charge >= 0.3 is 0 Å². The molecule has 28 heavy (non-hydrogen) atoms. The maximum absolute atomic E-state index is 12.8. The van der Waals surface area contributed by atoms with Crippen LogP contribution in [0.25, 0.3) is 11.0 Å². The SMILES string of the molecule is CCN(CC)c1ccc2cc(C(=O)Nc3cccc(C)c3C)/c(=N/O)oc2c1. The Labute approximate surface area is 164 Å². The van der Waals surface area contributed by atoms with Crippen LogP contribution in [-0.2, 0) is 0 Å². The van der Waals surface area contributed by atoms with Crippen molar-refractivity contribution in [2.24, 2.45) is 5.16 Å². The number of fused-ring (bicyclic) bond motifs is 1. The second-order valence-corrected chi connectivity index (χ2v) is 6.66. The summed E-state index contributed by atoms with van der Waals surface area (Å²) in [5.74, 6) is -0.389. The lowest BCUT2D eigenvalue weighted by atomic mass is 10.1. The van der Waals surface area contributed by atoms with Gasteiger partial charge in [0.1, 0.15) is 11.1 Å². The Bertz CT molecular complexity index is 1080. The molecule has 0 unspecified atom stereocenters. The molecule has 0 aliphatic heterocycles. The minimum absolute atomic E-state index is 0.119. The van der Waals surface area contributed by atoms with E-state index in [0.29, 0.717) is 11.3 Å². The Kier molecular flexibility index (Phi) is 5.68. The quantitative estimate of drug-likeness (QED) is 0.507. The summed E-state index contributed by atoms with van der Waals surface area (Å²) in [6, 6.07) is 13.2. The normalized spacial score (nSPS) is 11.6. The summed E-state index contributed by atoms with van der Waals surface area (Å²) in [5, 5.41) is 16.2. The number of anilines is 2. The van der Waals surface area contributed by atoms with E-state index in [1.54, 1.807) is 6.07 Å². The van der Waals surface area contributed by atoms with E-state index in [9.17, 15) is 10.0 Å². The van der Waals surface area contributed by atoms with Crippen LogP contribution < -0.4 is 15.8 Å². The monoisotopic (exact) mass is 379 g/mol. The van der Waals surface area contributed by atoms with Crippen molar-refractivity contribution < 1.29 is 14.4 Å². The van der Waals surface area contributed by atoms with Crippen molar-refractivity contribution in [1.29, 1.82) is 0 Å². The molecule has 1 aromatic heterocycles. The minimum atomic E-state index is -0.389. The zero-order valence-electron chi connectivity index (χ0n) is 16.6. The summed E-state index contributed by atoms with van der Waals surface area (Å²) < 4.78 is 5.73. The molecule has 1 heterocycles. The second-order valence-electron chi connectivity index (χ2n) is 6.66. The summed E-state index contributed by atoms with van der Waals surface area (Å²) in [7, 11) is 0. The standard InChI is InChI=1S/C22H25N3O3/c1-5-25(6-2)17-11-10-16-12-18(22(24-27)28-20(16)13-17)21(26)23-19-9-7-8-14(3)15(19)4/h7-13,27H,5-6H2,1-4H3,(H,23,26)/b24-22-. The molecular formula is C22H25N3O3. The Hall–Kier alpha value is -3.28. The first kappa shape index (κ1) is 19.5. The lowest BCUT2D eigenvalue weighted by Crippen LogP contribution is -2.23. The van der Waals surface area contributed by atoms with Crippen molar-refractivity contribution in [2.75, 3.05) is 23.3 Å². The predicted molar refractivity (Wildman–Crippen MR) is 111 cm³/mol. The Balaban J connectivity index is 2.02. The van der Waals surface area contributed by atoms with Crippen molar-refractivity contribution in [2.45, 2.75) is 27.7 Å². The predicted octanol–water partition coefficient (Wildman–Crippen LogP) is 4.44. The molecule has 0 atom stereocenters. The van der Waals surface area contributed by atoms with Gasteiger partial charge in [-0.15, -0.1) is 0 Å². The molecule has 0 bridgehead atoms. The first-order valence-corrected chi connectivity index (χ1v) is 9.37. The number of benzene rings is 2. The van der Waals surface area contributed by atoms with E-state index in [-0.39, 0.29) is 17.0 Å². The molecule has 0 saturated carbocycles. The molecule has 0 spiro atoms. The van der Waals surface area contributed by atoms with Crippen LogP contribution in [0.4, 0.5) is 11.4 Å². The molecular weight excluding hydrogens is 354 g/mol. The highest BCUT2D eigenvalue weighted by atomic mass is 16.5. The highest BCUT2D eigenvalue weighted by Crippen LogP contribution is 2.23. The van der Waals surface area contributed by atoms with E-state index in [1.807, 2.05) is 50.2 Å². The van der Waals surface area contributed by atoms with Crippen LogP contribution in [0.15, 0.2) is 52.0 Å². The molecule has 3 aromatic rings. The fourth-order valence-electron chi connectivity index (χ4n) is 3.21. The lowest BCUT2D eigenvalue weighted by molar-refractivity contribution is 0.102. The Morgan fingerprint density at radius 1 is 1.14 bits per heavy atom. The van der Waals surface area contributed by atoms with Gasteiger partial charge in [0.05, 0.1) is 0 Å². The molecule has 0 saturated heterocycles. The van der Waals surface area contributed by atoms with E-state index in [4.69, 9.17) is 4.42 Å². The molecule has 0 aliphatic carbocycles. The third-order valence-electron chi connectivity index (χ3n) is 5.05. The van der Waals surface area contributed by atoms with E-state index in [1.165, 1.54) is 0 Å². The van der Waals surface area contributed by atoms with Gasteiger partial charge in [0, 0.05) is 35.9 Å². The molecule has 1 amide bonds. The van der Waals surface area contributed by atoms with Gasteiger partial charge in [-0.3, -0.25) is 4.79 Å². The van der Waals surface area contributed by atoms with E-state index < -0.39 is 0 Å². The van der Waals surface area contributed by atoms with Crippen LogP contribution in [0, 0.1) is 13.8 Å². The number of hydrogen-bond donors (Lipinski definition) is 2. The smallest absolute Gasteiger partial charge is 0.268 e. The number of nitrogens with zero attached hydrogens (tertiary/aromatic N) is 2. The average Bonchev–Trinajstić information content (AvgIpc) is 2.71. The Morgan fingerprint density at radius 2 is 1.89 bits per heavy atom. The second kappa shape index (κ2) is 8.17. The van der Waals surface area contributed by atoms with Gasteiger partial charge in [-0.25, -0.2) is 0 Å². The van der Waals surface area contributed by atoms with Gasteiger partial charge in [-0.1, -0.05) is 12.1 Å². The Morgan fingerprint density at radius 3 is 2.57 bits per heavy atom. The summed E-state index contributed by atoms with van der Waals surface area (Å²) in [6.07, 6.45) is 0. The molecule has 0 fully saturated rings. The number of aryl methyl sites for hydroxylation is 1. The number of carbonyl (C=O) groups is 1. The molecule has 2 N–H and O–H groups in total. The van der Waals surface area contributed by atoms with Gasteiger partial charge in [0.2, 0.25) is 0 Å². The van der Waals surface area contributed by atoms with Gasteiger partial charge < -0.3 is 19.8 Å². The van der Waals surface area contributed by atoms with Gasteiger partial charge in [0.15, 0.2) is 0 Å². The van der Waals surface area contributed by atoms with Crippen molar-refractivity contribution in [3.05, 3.63) is 64.7 Å². The lowest BCUT2D eigenvalue weighted by Gasteiger charge is -2.21. The molecule has 6 nitrogen and oxygen atoms in total. The third kappa shape index (κ3) is 3.71. The van der Waals surface area contributed by atoms with Gasteiger partial charge in [0.25, 0.3) is 11.5 Å². The summed E-state index contributed by atoms with van der Waals surface area (Å²) in [6.45, 7) is 9.84. The number of rotatable bonds is 5. The molecule has 0 aliphatic rings. The summed E-state index contributed by atoms with van der Waals surface area (Å²) in [5.41, 5.74) is 4.40. The first-order chi connectivity index (χ1) is 13.5. The molecule has 0 radical (unpaired) electrons. The fourth-order valence-corrected chi connectivity index (χ4v) is 3.21. The van der Waals surface area contributed by atoms with Crippen LogP contribution in [0.2, 0.25) is 0 Å². The van der Waals surface area contributed by atoms with Gasteiger partial charge in [-0.2, -0.15) is 0 Å². The number of amides is 1. The van der Waals surface area contributed by atoms with Crippen LogP contribution in [0.5, 0.6) is 0 Å². The van der Waals surface area contributed by atoms with Crippen molar-refractivity contribution >= 4 is 28.3 Å². The van der Waals surface area contributed by atoms with Crippen molar-refractivity contribution in [1.82, 2.24) is 0 Å².